The minimum Gasteiger partial charge on any atom is -0.449 e. The van der Waals surface area contributed by atoms with Crippen molar-refractivity contribution in [3.8, 4) is 11.1 Å². The molecule has 196 valence electrons. The van der Waals surface area contributed by atoms with Gasteiger partial charge in [0.1, 0.15) is 19.3 Å². The highest BCUT2D eigenvalue weighted by atomic mass is 28.4. The minimum atomic E-state index is -2.20. The predicted octanol–water partition coefficient (Wildman–Crippen LogP) is 6.05. The molecule has 3 atom stereocenters. The number of hydrogen-bond donors (Lipinski definition) is 2. The first-order valence-electron chi connectivity index (χ1n) is 13.0. The molecule has 0 saturated carbocycles. The summed E-state index contributed by atoms with van der Waals surface area (Å²) >= 11 is 0. The Labute approximate surface area is 216 Å². The van der Waals surface area contributed by atoms with Gasteiger partial charge in [-0.2, -0.15) is 0 Å². The fourth-order valence-electron chi connectivity index (χ4n) is 4.82. The Kier molecular flexibility index (Phi) is 7.41. The molecule has 2 aromatic carbocycles. The number of alkyl carbamates (subject to hydrolysis) is 1. The third-order valence-electron chi connectivity index (χ3n) is 7.87. The smallest absolute Gasteiger partial charge is 0.407 e. The highest BCUT2D eigenvalue weighted by Crippen LogP contribution is 2.46. The lowest BCUT2D eigenvalue weighted by Crippen LogP contribution is -2.56. The van der Waals surface area contributed by atoms with Crippen LogP contribution in [0.15, 0.2) is 48.5 Å². The van der Waals surface area contributed by atoms with Crippen LogP contribution in [-0.4, -0.2) is 50.7 Å². The van der Waals surface area contributed by atoms with E-state index >= 15 is 0 Å². The third-order valence-corrected chi connectivity index (χ3v) is 12.3. The normalized spacial score (nSPS) is 21.0. The van der Waals surface area contributed by atoms with Gasteiger partial charge in [-0.3, -0.25) is 0 Å². The Morgan fingerprint density at radius 2 is 1.64 bits per heavy atom. The summed E-state index contributed by atoms with van der Waals surface area (Å²) in [7, 11) is -2.20. The Hall–Kier alpha value is -2.19. The van der Waals surface area contributed by atoms with Gasteiger partial charge in [-0.25, -0.2) is 4.79 Å². The summed E-state index contributed by atoms with van der Waals surface area (Å²) in [6.07, 6.45) is -0.948. The largest absolute Gasteiger partial charge is 0.449 e. The summed E-state index contributed by atoms with van der Waals surface area (Å²) in [5, 5.41) is 14.3. The van der Waals surface area contributed by atoms with Gasteiger partial charge >= 0.3 is 6.09 Å². The van der Waals surface area contributed by atoms with Crippen LogP contribution < -0.4 is 5.32 Å². The number of ether oxygens (including phenoxy) is 2. The standard InChI is InChI=1S/C29H41NO5Si/c1-19(2)16-25(26(31)29(18-34-29)35-36(6,7)28(3,4)5)30-27(32)33-17-24-22-14-10-8-12-20(22)21-13-9-11-15-23(21)24/h8-15,19,24-26,31H,16-18H2,1-7H3,(H,30,32)/t25-,26+,29+/m0/s1. The second-order valence-corrected chi connectivity index (χ2v) is 16.8. The van der Waals surface area contributed by atoms with Gasteiger partial charge in [0.2, 0.25) is 5.79 Å². The summed E-state index contributed by atoms with van der Waals surface area (Å²) in [6, 6.07) is 16.0. The molecule has 2 aromatic rings. The van der Waals surface area contributed by atoms with Gasteiger partial charge in [-0.1, -0.05) is 83.1 Å². The number of rotatable bonds is 9. The van der Waals surface area contributed by atoms with Crippen molar-refractivity contribution in [3.63, 3.8) is 0 Å². The lowest BCUT2D eigenvalue weighted by atomic mass is 9.96. The van der Waals surface area contributed by atoms with Crippen LogP contribution in [0.5, 0.6) is 0 Å². The molecule has 0 bridgehead atoms. The number of fused-ring (bicyclic) bond motifs is 3. The molecule has 0 unspecified atom stereocenters. The van der Waals surface area contributed by atoms with Crippen molar-refractivity contribution in [2.75, 3.05) is 13.2 Å². The van der Waals surface area contributed by atoms with E-state index in [-0.39, 0.29) is 23.5 Å². The van der Waals surface area contributed by atoms with Crippen molar-refractivity contribution in [2.24, 2.45) is 5.92 Å². The number of aliphatic hydroxyl groups is 1. The Morgan fingerprint density at radius 3 is 2.11 bits per heavy atom. The first kappa shape index (κ1) is 26.9. The SMILES string of the molecule is CC(C)C[C@H](NC(=O)OCC1c2ccccc2-c2ccccc21)[C@@H](O)[C@]1(O[Si](C)(C)C(C)(C)C)CO1. The molecular weight excluding hydrogens is 470 g/mol. The zero-order valence-corrected chi connectivity index (χ0v) is 23.6. The molecule has 1 heterocycles. The van der Waals surface area contributed by atoms with E-state index in [0.29, 0.717) is 13.0 Å². The van der Waals surface area contributed by atoms with Crippen LogP contribution in [0.3, 0.4) is 0 Å². The van der Waals surface area contributed by atoms with Crippen LogP contribution in [0.25, 0.3) is 11.1 Å². The van der Waals surface area contributed by atoms with E-state index in [1.54, 1.807) is 0 Å². The molecule has 0 spiro atoms. The van der Waals surface area contributed by atoms with E-state index in [1.165, 1.54) is 22.3 Å². The second kappa shape index (κ2) is 9.93. The maximum atomic E-state index is 13.0. The molecule has 36 heavy (non-hydrogen) atoms. The predicted molar refractivity (Wildman–Crippen MR) is 144 cm³/mol. The van der Waals surface area contributed by atoms with Crippen molar-refractivity contribution in [2.45, 2.75) is 83.0 Å². The number of amides is 1. The van der Waals surface area contributed by atoms with E-state index in [2.05, 4.69) is 77.3 Å². The summed E-state index contributed by atoms with van der Waals surface area (Å²) < 4.78 is 18.0. The van der Waals surface area contributed by atoms with E-state index < -0.39 is 32.3 Å². The minimum absolute atomic E-state index is 0.0170. The van der Waals surface area contributed by atoms with Crippen molar-refractivity contribution in [3.05, 3.63) is 59.7 Å². The molecule has 2 aliphatic rings. The number of carbonyl (C=O) groups excluding carboxylic acids is 1. The molecule has 0 aromatic heterocycles. The second-order valence-electron chi connectivity index (χ2n) is 12.1. The van der Waals surface area contributed by atoms with Crippen molar-refractivity contribution in [1.29, 1.82) is 0 Å². The Balaban J connectivity index is 1.44. The average molecular weight is 512 g/mol. The van der Waals surface area contributed by atoms with Gasteiger partial charge in [-0.15, -0.1) is 0 Å². The molecule has 7 heteroatoms. The molecule has 1 fully saturated rings. The number of nitrogens with one attached hydrogen (secondary N) is 1. The van der Waals surface area contributed by atoms with Crippen molar-refractivity contribution < 1.29 is 23.8 Å². The summed E-state index contributed by atoms with van der Waals surface area (Å²) in [6.45, 7) is 15.4. The summed E-state index contributed by atoms with van der Waals surface area (Å²) in [5.41, 5.74) is 4.70. The first-order chi connectivity index (χ1) is 16.8. The van der Waals surface area contributed by atoms with E-state index in [4.69, 9.17) is 13.9 Å². The zero-order chi connectivity index (χ0) is 26.3. The number of benzene rings is 2. The van der Waals surface area contributed by atoms with Gasteiger partial charge in [0, 0.05) is 5.92 Å². The molecular formula is C29H41NO5Si. The zero-order valence-electron chi connectivity index (χ0n) is 22.6. The van der Waals surface area contributed by atoms with Gasteiger partial charge in [0.05, 0.1) is 6.04 Å². The molecule has 1 saturated heterocycles. The van der Waals surface area contributed by atoms with Crippen LogP contribution in [0.2, 0.25) is 18.1 Å². The third kappa shape index (κ3) is 5.39. The molecule has 6 nitrogen and oxygen atoms in total. The lowest BCUT2D eigenvalue weighted by molar-refractivity contribution is -0.0777. The number of carbonyl (C=O) groups is 1. The van der Waals surface area contributed by atoms with Gasteiger partial charge in [0.25, 0.3) is 0 Å². The maximum absolute atomic E-state index is 13.0. The fourth-order valence-corrected chi connectivity index (χ4v) is 6.23. The van der Waals surface area contributed by atoms with Crippen LogP contribution in [0, 0.1) is 5.92 Å². The highest BCUT2D eigenvalue weighted by molar-refractivity contribution is 6.74. The molecule has 2 N–H and O–H groups in total. The van der Waals surface area contributed by atoms with E-state index in [1.807, 2.05) is 24.3 Å². The van der Waals surface area contributed by atoms with Gasteiger partial charge in [0.15, 0.2) is 8.32 Å². The molecule has 4 rings (SSSR count). The van der Waals surface area contributed by atoms with Crippen molar-refractivity contribution >= 4 is 14.4 Å². The summed E-state index contributed by atoms with van der Waals surface area (Å²) in [4.78, 5) is 13.0. The lowest BCUT2D eigenvalue weighted by Gasteiger charge is -2.40. The van der Waals surface area contributed by atoms with E-state index in [0.717, 1.165) is 0 Å². The quantitative estimate of drug-likeness (QED) is 0.316. The number of hydrogen-bond acceptors (Lipinski definition) is 5. The number of epoxide rings is 1. The van der Waals surface area contributed by atoms with Crippen LogP contribution in [0.1, 0.15) is 58.1 Å². The summed E-state index contributed by atoms with van der Waals surface area (Å²) in [5.74, 6) is -0.835. The van der Waals surface area contributed by atoms with Crippen LogP contribution in [0.4, 0.5) is 4.79 Å². The molecule has 1 aliphatic heterocycles. The average Bonchev–Trinajstić information content (AvgIpc) is 3.50. The number of aliphatic hydroxyl groups excluding tert-OH is 1. The highest BCUT2D eigenvalue weighted by Gasteiger charge is 2.60. The Bertz CT molecular complexity index is 1040. The maximum Gasteiger partial charge on any atom is 0.407 e. The topological polar surface area (TPSA) is 80.3 Å². The molecule has 0 radical (unpaired) electrons. The van der Waals surface area contributed by atoms with E-state index in [9.17, 15) is 9.90 Å². The first-order valence-corrected chi connectivity index (χ1v) is 15.9. The van der Waals surface area contributed by atoms with Gasteiger partial charge in [-0.05, 0) is 52.7 Å². The molecule has 1 aliphatic carbocycles. The Morgan fingerprint density at radius 1 is 1.11 bits per heavy atom. The van der Waals surface area contributed by atoms with Crippen LogP contribution in [-0.2, 0) is 13.9 Å². The monoisotopic (exact) mass is 511 g/mol. The van der Waals surface area contributed by atoms with Gasteiger partial charge < -0.3 is 24.3 Å². The van der Waals surface area contributed by atoms with Crippen molar-refractivity contribution in [1.82, 2.24) is 5.32 Å². The van der Waals surface area contributed by atoms with Crippen LogP contribution >= 0.6 is 0 Å². The molecule has 1 amide bonds. The fraction of sp³-hybridized carbons (Fsp3) is 0.552.